The topological polar surface area (TPSA) is 216 Å². The number of carbonyl (C=O) groups is 2. The van der Waals surface area contributed by atoms with Gasteiger partial charge >= 0.3 is 27.6 Å². The number of hydrogen-bond donors (Lipinski definition) is 5. The van der Waals surface area contributed by atoms with Gasteiger partial charge in [0.2, 0.25) is 0 Å². The van der Waals surface area contributed by atoms with Crippen LogP contribution in [-0.2, 0) is 41.8 Å². The first-order valence-electron chi connectivity index (χ1n) is 22.1. The summed E-state index contributed by atoms with van der Waals surface area (Å²) in [5.74, 6) is -1.24. The number of phosphoric ester groups is 2. The average molecular weight is 893 g/mol. The van der Waals surface area contributed by atoms with Crippen LogP contribution in [0.25, 0.3) is 0 Å². The van der Waals surface area contributed by atoms with Crippen LogP contribution in [0.2, 0.25) is 0 Å². The van der Waals surface area contributed by atoms with Gasteiger partial charge in [0.15, 0.2) is 6.10 Å². The lowest BCUT2D eigenvalue weighted by atomic mass is 10.1. The lowest BCUT2D eigenvalue weighted by Gasteiger charge is -2.20. The maximum atomic E-state index is 12.7. The van der Waals surface area contributed by atoms with E-state index in [0.717, 1.165) is 70.6 Å². The highest BCUT2D eigenvalue weighted by atomic mass is 31.2. The fraction of sp³-hybridized carbons (Fsp3) is 0.727. The minimum absolute atomic E-state index is 0.0356. The number of aliphatic hydroxyl groups is 2. The summed E-state index contributed by atoms with van der Waals surface area (Å²) in [7, 11) is -9.74. The van der Waals surface area contributed by atoms with E-state index in [1.165, 1.54) is 44.9 Å². The van der Waals surface area contributed by atoms with Crippen LogP contribution in [-0.4, -0.2) is 81.6 Å². The van der Waals surface area contributed by atoms with Crippen molar-refractivity contribution in [1.82, 2.24) is 0 Å². The number of rotatable bonds is 41. The van der Waals surface area contributed by atoms with Crippen LogP contribution in [0.1, 0.15) is 162 Å². The van der Waals surface area contributed by atoms with Gasteiger partial charge in [0.25, 0.3) is 0 Å². The smallest absolute Gasteiger partial charge is 0.462 e. The normalized spacial score (nSPS) is 15.1. The second-order valence-corrected chi connectivity index (χ2v) is 17.5. The molecular weight excluding hydrogens is 814 g/mol. The number of hydrogen-bond acceptors (Lipinski definition) is 11. The molecule has 0 radical (unpaired) electrons. The van der Waals surface area contributed by atoms with Crippen molar-refractivity contribution in [3.63, 3.8) is 0 Å². The van der Waals surface area contributed by atoms with Crippen molar-refractivity contribution in [3.05, 3.63) is 60.8 Å². The zero-order valence-electron chi connectivity index (χ0n) is 36.4. The van der Waals surface area contributed by atoms with Crippen LogP contribution in [0.4, 0.5) is 0 Å². The third kappa shape index (κ3) is 42.5. The van der Waals surface area contributed by atoms with Crippen molar-refractivity contribution in [3.8, 4) is 0 Å². The summed E-state index contributed by atoms with van der Waals surface area (Å²) in [6.07, 6.45) is 38.1. The van der Waals surface area contributed by atoms with Crippen molar-refractivity contribution in [2.24, 2.45) is 0 Å². The van der Waals surface area contributed by atoms with Crippen LogP contribution in [0.15, 0.2) is 60.8 Å². The summed E-state index contributed by atoms with van der Waals surface area (Å²) in [5, 5.41) is 20.0. The van der Waals surface area contributed by atoms with E-state index >= 15 is 0 Å². The molecule has 14 nitrogen and oxygen atoms in total. The standard InChI is InChI=1S/C44H78O14P2/c1-3-5-7-9-11-13-15-17-18-20-22-24-26-28-30-34-44(48)58-42(39-57-60(52,53)56-37-41(46)36-55-59(49,50)51)38-54-43(47)35-31-33-40(45)32-29-27-25-23-21-19-16-14-12-10-8-6-4-2/h12-15,19,21,25,27,29,32,40-42,45-46H,3-11,16-18,20,22-24,26,28,30-31,33-39H2,1-2H3,(H,52,53)(H2,49,50,51)/b14-12-,15-13-,21-19-,27-25-,32-29+/t40-,41+,42-/m1/s1. The summed E-state index contributed by atoms with van der Waals surface area (Å²) in [5.41, 5.74) is 0. The molecule has 0 amide bonds. The molecule has 1 unspecified atom stereocenters. The van der Waals surface area contributed by atoms with Gasteiger partial charge in [-0.15, -0.1) is 0 Å². The fourth-order valence-electron chi connectivity index (χ4n) is 5.56. The molecule has 0 aliphatic carbocycles. The molecule has 0 bridgehead atoms. The monoisotopic (exact) mass is 892 g/mol. The Morgan fingerprint density at radius 3 is 1.70 bits per heavy atom. The Kier molecular flexibility index (Phi) is 38.1. The third-order valence-corrected chi connectivity index (χ3v) is 10.4. The number of esters is 2. The zero-order valence-corrected chi connectivity index (χ0v) is 38.2. The van der Waals surface area contributed by atoms with Crippen LogP contribution in [0, 0.1) is 0 Å². The summed E-state index contributed by atoms with van der Waals surface area (Å²) < 4.78 is 47.6. The van der Waals surface area contributed by atoms with Gasteiger partial charge in [-0.1, -0.05) is 139 Å². The molecule has 60 heavy (non-hydrogen) atoms. The average Bonchev–Trinajstić information content (AvgIpc) is 3.20. The quantitative estimate of drug-likeness (QED) is 0.0127. The van der Waals surface area contributed by atoms with Gasteiger partial charge in [-0.05, 0) is 70.6 Å². The molecule has 0 aliphatic rings. The molecule has 0 spiro atoms. The number of phosphoric acid groups is 2. The summed E-state index contributed by atoms with van der Waals surface area (Å²) in [4.78, 5) is 52.7. The van der Waals surface area contributed by atoms with Crippen LogP contribution < -0.4 is 0 Å². The van der Waals surface area contributed by atoms with E-state index in [4.69, 9.17) is 23.8 Å². The molecule has 0 aromatic rings. The molecule has 16 heteroatoms. The Hall–Kier alpha value is -2.22. The Bertz CT molecular complexity index is 1310. The highest BCUT2D eigenvalue weighted by molar-refractivity contribution is 7.47. The van der Waals surface area contributed by atoms with Crippen molar-refractivity contribution >= 4 is 27.6 Å². The molecule has 0 saturated carbocycles. The molecule has 0 heterocycles. The minimum atomic E-state index is -4.88. The molecule has 0 saturated heterocycles. The third-order valence-electron chi connectivity index (χ3n) is 8.97. The van der Waals surface area contributed by atoms with Crippen LogP contribution >= 0.6 is 15.6 Å². The maximum absolute atomic E-state index is 12.7. The minimum Gasteiger partial charge on any atom is -0.462 e. The number of allylic oxidation sites excluding steroid dienone is 9. The predicted molar refractivity (Wildman–Crippen MR) is 236 cm³/mol. The Balaban J connectivity index is 4.71. The predicted octanol–water partition coefficient (Wildman–Crippen LogP) is 10.2. The van der Waals surface area contributed by atoms with Gasteiger partial charge in [0, 0.05) is 12.8 Å². The Labute approximate surface area is 360 Å². The van der Waals surface area contributed by atoms with Gasteiger partial charge in [-0.3, -0.25) is 23.2 Å². The molecular formula is C44H78O14P2. The summed E-state index contributed by atoms with van der Waals surface area (Å²) in [6, 6.07) is 0. The number of carbonyl (C=O) groups excluding carboxylic acids is 2. The maximum Gasteiger partial charge on any atom is 0.472 e. The van der Waals surface area contributed by atoms with E-state index in [1.807, 2.05) is 12.2 Å². The van der Waals surface area contributed by atoms with Crippen molar-refractivity contribution < 1.29 is 66.7 Å². The van der Waals surface area contributed by atoms with Crippen molar-refractivity contribution in [2.45, 2.75) is 180 Å². The lowest BCUT2D eigenvalue weighted by molar-refractivity contribution is -0.161. The van der Waals surface area contributed by atoms with Crippen molar-refractivity contribution in [1.29, 1.82) is 0 Å². The molecule has 0 aliphatic heterocycles. The van der Waals surface area contributed by atoms with Gasteiger partial charge in [0.05, 0.1) is 25.9 Å². The summed E-state index contributed by atoms with van der Waals surface area (Å²) in [6.45, 7) is 1.49. The largest absolute Gasteiger partial charge is 0.472 e. The fourth-order valence-corrected chi connectivity index (χ4v) is 6.72. The van der Waals surface area contributed by atoms with E-state index in [-0.39, 0.29) is 12.8 Å². The highest BCUT2D eigenvalue weighted by Gasteiger charge is 2.28. The Morgan fingerprint density at radius 1 is 0.550 bits per heavy atom. The molecule has 0 aromatic carbocycles. The first kappa shape index (κ1) is 57.8. The molecule has 4 atom stereocenters. The van der Waals surface area contributed by atoms with E-state index in [9.17, 15) is 33.8 Å². The van der Waals surface area contributed by atoms with Crippen LogP contribution in [0.3, 0.4) is 0 Å². The molecule has 0 rings (SSSR count). The zero-order chi connectivity index (χ0) is 44.6. The number of aliphatic hydroxyl groups excluding tert-OH is 2. The van der Waals surface area contributed by atoms with Gasteiger partial charge in [0.1, 0.15) is 12.7 Å². The van der Waals surface area contributed by atoms with Crippen LogP contribution in [0.5, 0.6) is 0 Å². The van der Waals surface area contributed by atoms with Crippen molar-refractivity contribution in [2.75, 3.05) is 26.4 Å². The van der Waals surface area contributed by atoms with Gasteiger partial charge < -0.3 is 34.4 Å². The second kappa shape index (κ2) is 39.6. The number of unbranched alkanes of at least 4 members (excludes halogenated alkanes) is 14. The van der Waals surface area contributed by atoms with E-state index in [0.29, 0.717) is 19.3 Å². The lowest BCUT2D eigenvalue weighted by Crippen LogP contribution is -2.30. The molecule has 348 valence electrons. The molecule has 0 fully saturated rings. The highest BCUT2D eigenvalue weighted by Crippen LogP contribution is 2.43. The van der Waals surface area contributed by atoms with E-state index < -0.39 is 72.3 Å². The SMILES string of the molecule is CCCCC/C=C\C/C=C\C/C=C\C=C\[C@@H](O)CCCC(=O)OC[C@H](COP(=O)(O)OC[C@@H](O)COP(=O)(O)O)OC(=O)CCCCCCCCC/C=C\CCCCCC. The van der Waals surface area contributed by atoms with E-state index in [2.05, 4.69) is 59.4 Å². The first-order chi connectivity index (χ1) is 28.8. The summed E-state index contributed by atoms with van der Waals surface area (Å²) >= 11 is 0. The van der Waals surface area contributed by atoms with Gasteiger partial charge in [-0.25, -0.2) is 9.13 Å². The molecule has 0 aromatic heterocycles. The Morgan fingerprint density at radius 2 is 1.05 bits per heavy atom. The first-order valence-corrected chi connectivity index (χ1v) is 25.1. The molecule has 5 N–H and O–H groups in total. The number of ether oxygens (including phenoxy) is 2. The van der Waals surface area contributed by atoms with Gasteiger partial charge in [-0.2, -0.15) is 0 Å². The second-order valence-electron chi connectivity index (χ2n) is 14.8. The van der Waals surface area contributed by atoms with E-state index in [1.54, 1.807) is 12.2 Å².